The predicted octanol–water partition coefficient (Wildman–Crippen LogP) is 2.34. The number of ether oxygens (including phenoxy) is 2. The summed E-state index contributed by atoms with van der Waals surface area (Å²) in [4.78, 5) is 8.99. The van der Waals surface area contributed by atoms with E-state index in [1.54, 1.807) is 0 Å². The van der Waals surface area contributed by atoms with Gasteiger partial charge in [0.1, 0.15) is 18.2 Å². The third-order valence-electron chi connectivity index (χ3n) is 3.29. The van der Waals surface area contributed by atoms with Gasteiger partial charge in [-0.3, -0.25) is 0 Å². The topological polar surface area (TPSA) is 56.3 Å². The van der Waals surface area contributed by atoms with Gasteiger partial charge in [-0.1, -0.05) is 6.92 Å². The second kappa shape index (κ2) is 6.70. The molecule has 0 aromatic carbocycles. The van der Waals surface area contributed by atoms with Gasteiger partial charge in [-0.05, 0) is 26.2 Å². The smallest absolute Gasteiger partial charge is 0.221 e. The minimum absolute atomic E-state index is 0.210. The van der Waals surface area contributed by atoms with E-state index < -0.39 is 0 Å². The lowest BCUT2D eigenvalue weighted by atomic mass is 10.2. The third-order valence-corrected chi connectivity index (χ3v) is 3.29. The number of nitrogens with zero attached hydrogens (tertiary/aromatic N) is 2. The zero-order valence-corrected chi connectivity index (χ0v) is 12.0. The molecule has 5 nitrogen and oxygen atoms in total. The molecule has 0 radical (unpaired) electrons. The number of hydrogen-bond acceptors (Lipinski definition) is 5. The summed E-state index contributed by atoms with van der Waals surface area (Å²) in [5, 5.41) is 3.10. The highest BCUT2D eigenvalue weighted by molar-refractivity contribution is 5.48. The van der Waals surface area contributed by atoms with Crippen LogP contribution in [-0.2, 0) is 11.2 Å². The molecule has 5 heteroatoms. The third kappa shape index (κ3) is 3.56. The molecule has 0 saturated carbocycles. The highest BCUT2D eigenvalue weighted by Crippen LogP contribution is 2.23. The summed E-state index contributed by atoms with van der Waals surface area (Å²) in [7, 11) is 1.87. The maximum absolute atomic E-state index is 5.83. The summed E-state index contributed by atoms with van der Waals surface area (Å²) in [6.45, 7) is 5.52. The van der Waals surface area contributed by atoms with Crippen molar-refractivity contribution in [3.05, 3.63) is 11.4 Å². The average molecular weight is 265 g/mol. The maximum atomic E-state index is 5.83. The van der Waals surface area contributed by atoms with Crippen molar-refractivity contribution >= 4 is 5.82 Å². The Morgan fingerprint density at radius 3 is 2.89 bits per heavy atom. The predicted molar refractivity (Wildman–Crippen MR) is 74.8 cm³/mol. The van der Waals surface area contributed by atoms with Gasteiger partial charge in [0.05, 0.1) is 11.7 Å². The number of aryl methyl sites for hydroxylation is 1. The van der Waals surface area contributed by atoms with Gasteiger partial charge in [0, 0.05) is 20.1 Å². The molecule has 1 aromatic heterocycles. The van der Waals surface area contributed by atoms with Crippen LogP contribution in [0.2, 0.25) is 0 Å². The van der Waals surface area contributed by atoms with Gasteiger partial charge in [-0.25, -0.2) is 4.98 Å². The van der Waals surface area contributed by atoms with Crippen LogP contribution >= 0.6 is 0 Å². The average Bonchev–Trinajstić information content (AvgIpc) is 2.92. The Hall–Kier alpha value is -1.36. The van der Waals surface area contributed by atoms with E-state index in [0.29, 0.717) is 12.5 Å². The Bertz CT molecular complexity index is 417. The number of hydrogen-bond donors (Lipinski definition) is 1. The molecular formula is C14H23N3O2. The quantitative estimate of drug-likeness (QED) is 0.855. The summed E-state index contributed by atoms with van der Waals surface area (Å²) in [5.74, 6) is 2.36. The van der Waals surface area contributed by atoms with Crippen molar-refractivity contribution in [3.63, 3.8) is 0 Å². The molecule has 1 aliphatic heterocycles. The molecule has 2 rings (SSSR count). The molecule has 0 amide bonds. The molecule has 1 atom stereocenters. The number of aromatic nitrogens is 2. The van der Waals surface area contributed by atoms with E-state index in [1.807, 2.05) is 14.0 Å². The van der Waals surface area contributed by atoms with Gasteiger partial charge in [0.2, 0.25) is 5.88 Å². The van der Waals surface area contributed by atoms with E-state index >= 15 is 0 Å². The van der Waals surface area contributed by atoms with Gasteiger partial charge in [0.15, 0.2) is 0 Å². The molecule has 1 fully saturated rings. The molecule has 106 valence electrons. The van der Waals surface area contributed by atoms with Crippen molar-refractivity contribution in [3.8, 4) is 5.88 Å². The standard InChI is InChI=1S/C14H23N3O2/c1-4-6-12-16-13(15-3)10(2)14(17-12)19-9-11-7-5-8-18-11/h11H,4-9H2,1-3H3,(H,15,16,17). The van der Waals surface area contributed by atoms with E-state index in [4.69, 9.17) is 9.47 Å². The van der Waals surface area contributed by atoms with E-state index in [2.05, 4.69) is 22.2 Å². The molecule has 1 saturated heterocycles. The summed E-state index contributed by atoms with van der Waals surface area (Å²) in [5.41, 5.74) is 0.959. The van der Waals surface area contributed by atoms with E-state index in [0.717, 1.165) is 49.5 Å². The molecule has 1 unspecified atom stereocenters. The van der Waals surface area contributed by atoms with E-state index in [1.165, 1.54) is 0 Å². The highest BCUT2D eigenvalue weighted by Gasteiger charge is 2.18. The fourth-order valence-corrected chi connectivity index (χ4v) is 2.21. The lowest BCUT2D eigenvalue weighted by molar-refractivity contribution is 0.0659. The summed E-state index contributed by atoms with van der Waals surface area (Å²) in [6, 6.07) is 0. The Balaban J connectivity index is 2.09. The van der Waals surface area contributed by atoms with Crippen molar-refractivity contribution in [1.82, 2.24) is 9.97 Å². The second-order valence-corrected chi connectivity index (χ2v) is 4.86. The van der Waals surface area contributed by atoms with Crippen molar-refractivity contribution in [2.45, 2.75) is 45.6 Å². The Kier molecular flexibility index (Phi) is 4.96. The Morgan fingerprint density at radius 2 is 2.26 bits per heavy atom. The maximum Gasteiger partial charge on any atom is 0.221 e. The second-order valence-electron chi connectivity index (χ2n) is 4.86. The summed E-state index contributed by atoms with van der Waals surface area (Å²) < 4.78 is 11.4. The van der Waals surface area contributed by atoms with Gasteiger partial charge >= 0.3 is 0 Å². The van der Waals surface area contributed by atoms with Crippen LogP contribution in [0.3, 0.4) is 0 Å². The number of anilines is 1. The van der Waals surface area contributed by atoms with E-state index in [-0.39, 0.29) is 6.10 Å². The minimum Gasteiger partial charge on any atom is -0.475 e. The van der Waals surface area contributed by atoms with Crippen LogP contribution in [0.1, 0.15) is 37.6 Å². The summed E-state index contributed by atoms with van der Waals surface area (Å²) >= 11 is 0. The van der Waals surface area contributed by atoms with Crippen molar-refractivity contribution in [2.75, 3.05) is 25.6 Å². The molecular weight excluding hydrogens is 242 g/mol. The first kappa shape index (κ1) is 14.1. The van der Waals surface area contributed by atoms with Crippen LogP contribution in [0.4, 0.5) is 5.82 Å². The fraction of sp³-hybridized carbons (Fsp3) is 0.714. The van der Waals surface area contributed by atoms with Crippen LogP contribution in [0.15, 0.2) is 0 Å². The zero-order chi connectivity index (χ0) is 13.7. The monoisotopic (exact) mass is 265 g/mol. The molecule has 0 spiro atoms. The van der Waals surface area contributed by atoms with Crippen molar-refractivity contribution in [1.29, 1.82) is 0 Å². The van der Waals surface area contributed by atoms with Crippen LogP contribution < -0.4 is 10.1 Å². The molecule has 0 bridgehead atoms. The van der Waals surface area contributed by atoms with Gasteiger partial charge in [-0.2, -0.15) is 4.98 Å². The first-order valence-corrected chi connectivity index (χ1v) is 7.04. The van der Waals surface area contributed by atoms with Crippen LogP contribution in [0.25, 0.3) is 0 Å². The minimum atomic E-state index is 0.210. The molecule has 1 aromatic rings. The zero-order valence-electron chi connectivity index (χ0n) is 12.0. The first-order chi connectivity index (χ1) is 9.24. The highest BCUT2D eigenvalue weighted by atomic mass is 16.5. The van der Waals surface area contributed by atoms with Gasteiger partial charge in [-0.15, -0.1) is 0 Å². The lowest BCUT2D eigenvalue weighted by Crippen LogP contribution is -2.18. The van der Waals surface area contributed by atoms with Crippen molar-refractivity contribution in [2.24, 2.45) is 0 Å². The molecule has 19 heavy (non-hydrogen) atoms. The first-order valence-electron chi connectivity index (χ1n) is 7.04. The molecule has 0 aliphatic carbocycles. The SMILES string of the molecule is CCCc1nc(NC)c(C)c(OCC2CCCO2)n1. The Morgan fingerprint density at radius 1 is 1.42 bits per heavy atom. The Labute approximate surface area is 114 Å². The van der Waals surface area contributed by atoms with Crippen molar-refractivity contribution < 1.29 is 9.47 Å². The van der Waals surface area contributed by atoms with Crippen LogP contribution in [0, 0.1) is 6.92 Å². The van der Waals surface area contributed by atoms with E-state index in [9.17, 15) is 0 Å². The molecule has 1 N–H and O–H groups in total. The van der Waals surface area contributed by atoms with Crippen LogP contribution in [-0.4, -0.2) is 36.3 Å². The molecule has 2 heterocycles. The number of nitrogens with one attached hydrogen (secondary N) is 1. The number of rotatable bonds is 6. The molecule has 1 aliphatic rings. The largest absolute Gasteiger partial charge is 0.475 e. The fourth-order valence-electron chi connectivity index (χ4n) is 2.21. The normalized spacial score (nSPS) is 18.6. The van der Waals surface area contributed by atoms with Gasteiger partial charge in [0.25, 0.3) is 0 Å². The van der Waals surface area contributed by atoms with Crippen LogP contribution in [0.5, 0.6) is 5.88 Å². The van der Waals surface area contributed by atoms with Gasteiger partial charge < -0.3 is 14.8 Å². The lowest BCUT2D eigenvalue weighted by Gasteiger charge is -2.15. The summed E-state index contributed by atoms with van der Waals surface area (Å²) in [6.07, 6.45) is 4.30.